The van der Waals surface area contributed by atoms with Gasteiger partial charge in [0.2, 0.25) is 0 Å². The fraction of sp³-hybridized carbons (Fsp3) is 1.00. The quantitative estimate of drug-likeness (QED) is 0.826. The van der Waals surface area contributed by atoms with E-state index in [2.05, 4.69) is 24.2 Å². The lowest BCUT2D eigenvalue weighted by molar-refractivity contribution is -0.130. The predicted molar refractivity (Wildman–Crippen MR) is 78.3 cm³/mol. The van der Waals surface area contributed by atoms with Gasteiger partial charge in [-0.3, -0.25) is 0 Å². The first-order valence-electron chi connectivity index (χ1n) is 8.28. The molecule has 110 valence electrons. The Labute approximate surface area is 118 Å². The topological polar surface area (TPSA) is 24.5 Å². The zero-order chi connectivity index (χ0) is 13.3. The lowest BCUT2D eigenvalue weighted by Crippen LogP contribution is -2.63. The average Bonchev–Trinajstić information content (AvgIpc) is 3.03. The van der Waals surface area contributed by atoms with E-state index in [0.29, 0.717) is 11.5 Å². The summed E-state index contributed by atoms with van der Waals surface area (Å²) in [6.45, 7) is 6.80. The van der Waals surface area contributed by atoms with Gasteiger partial charge in [-0.1, -0.05) is 12.8 Å². The molecule has 1 heterocycles. The third-order valence-electron chi connectivity index (χ3n) is 5.83. The SMILES string of the molecule is CCOC1CC(NCC2CCN(C)C2)C12CCCC2. The highest BCUT2D eigenvalue weighted by Crippen LogP contribution is 2.54. The number of hydrogen-bond acceptors (Lipinski definition) is 3. The van der Waals surface area contributed by atoms with Crippen molar-refractivity contribution in [1.29, 1.82) is 0 Å². The summed E-state index contributed by atoms with van der Waals surface area (Å²) >= 11 is 0. The largest absolute Gasteiger partial charge is 0.378 e. The molecule has 1 saturated heterocycles. The molecule has 19 heavy (non-hydrogen) atoms. The summed E-state index contributed by atoms with van der Waals surface area (Å²) < 4.78 is 5.99. The minimum Gasteiger partial charge on any atom is -0.378 e. The molecule has 3 atom stereocenters. The Morgan fingerprint density at radius 3 is 2.74 bits per heavy atom. The van der Waals surface area contributed by atoms with E-state index in [0.717, 1.165) is 18.6 Å². The standard InChI is InChI=1S/C16H30N2O/c1-3-19-15-10-14(16(15)7-4-5-8-16)17-11-13-6-9-18(2)12-13/h13-15,17H,3-12H2,1-2H3. The number of rotatable bonds is 5. The van der Waals surface area contributed by atoms with Crippen molar-refractivity contribution in [3.05, 3.63) is 0 Å². The van der Waals surface area contributed by atoms with E-state index in [1.807, 2.05) is 0 Å². The molecule has 1 aliphatic heterocycles. The summed E-state index contributed by atoms with van der Waals surface area (Å²) in [5.41, 5.74) is 0.501. The van der Waals surface area contributed by atoms with Gasteiger partial charge < -0.3 is 15.0 Å². The van der Waals surface area contributed by atoms with Crippen molar-refractivity contribution in [3.63, 3.8) is 0 Å². The van der Waals surface area contributed by atoms with Crippen molar-refractivity contribution >= 4 is 0 Å². The molecule has 3 rings (SSSR count). The van der Waals surface area contributed by atoms with Crippen LogP contribution in [0.25, 0.3) is 0 Å². The van der Waals surface area contributed by atoms with Crippen LogP contribution in [0.4, 0.5) is 0 Å². The second-order valence-electron chi connectivity index (χ2n) is 7.00. The van der Waals surface area contributed by atoms with Gasteiger partial charge in [0.15, 0.2) is 0 Å². The second kappa shape index (κ2) is 5.71. The first-order valence-corrected chi connectivity index (χ1v) is 8.28. The van der Waals surface area contributed by atoms with Gasteiger partial charge in [-0.25, -0.2) is 0 Å². The molecule has 2 saturated carbocycles. The summed E-state index contributed by atoms with van der Waals surface area (Å²) in [4.78, 5) is 2.46. The number of likely N-dealkylation sites (tertiary alicyclic amines) is 1. The van der Waals surface area contributed by atoms with Crippen LogP contribution >= 0.6 is 0 Å². The van der Waals surface area contributed by atoms with Crippen molar-refractivity contribution in [2.24, 2.45) is 11.3 Å². The summed E-state index contributed by atoms with van der Waals surface area (Å²) in [6.07, 6.45) is 8.76. The molecule has 0 aromatic heterocycles. The molecule has 0 amide bonds. The van der Waals surface area contributed by atoms with E-state index in [4.69, 9.17) is 4.74 Å². The molecule has 3 unspecified atom stereocenters. The first-order chi connectivity index (χ1) is 9.24. The molecule has 0 radical (unpaired) electrons. The van der Waals surface area contributed by atoms with Gasteiger partial charge in [-0.05, 0) is 58.7 Å². The van der Waals surface area contributed by atoms with Crippen LogP contribution < -0.4 is 5.32 Å². The second-order valence-corrected chi connectivity index (χ2v) is 7.00. The minimum absolute atomic E-state index is 0.501. The first kappa shape index (κ1) is 13.8. The number of nitrogens with zero attached hydrogens (tertiary/aromatic N) is 1. The fourth-order valence-electron chi connectivity index (χ4n) is 4.67. The molecule has 0 aromatic carbocycles. The van der Waals surface area contributed by atoms with Gasteiger partial charge >= 0.3 is 0 Å². The molecule has 0 bridgehead atoms. The van der Waals surface area contributed by atoms with Crippen LogP contribution in [0.2, 0.25) is 0 Å². The zero-order valence-electron chi connectivity index (χ0n) is 12.7. The Kier molecular flexibility index (Phi) is 4.16. The highest BCUT2D eigenvalue weighted by Gasteiger charge is 2.56. The molecule has 1 spiro atoms. The Morgan fingerprint density at radius 1 is 1.32 bits per heavy atom. The van der Waals surface area contributed by atoms with E-state index in [-0.39, 0.29) is 0 Å². The van der Waals surface area contributed by atoms with Crippen LogP contribution in [-0.2, 0) is 4.74 Å². The molecule has 0 aromatic rings. The van der Waals surface area contributed by atoms with E-state index >= 15 is 0 Å². The van der Waals surface area contributed by atoms with Crippen LogP contribution in [0.15, 0.2) is 0 Å². The van der Waals surface area contributed by atoms with Crippen LogP contribution in [0.1, 0.15) is 45.4 Å². The molecule has 2 aliphatic carbocycles. The Bertz CT molecular complexity index is 301. The van der Waals surface area contributed by atoms with Crippen LogP contribution in [-0.4, -0.2) is 50.3 Å². The van der Waals surface area contributed by atoms with E-state index in [9.17, 15) is 0 Å². The van der Waals surface area contributed by atoms with Gasteiger partial charge in [-0.15, -0.1) is 0 Å². The van der Waals surface area contributed by atoms with Crippen molar-refractivity contribution in [2.75, 3.05) is 33.3 Å². The minimum atomic E-state index is 0.501. The van der Waals surface area contributed by atoms with Crippen molar-refractivity contribution in [2.45, 2.75) is 57.6 Å². The number of ether oxygens (including phenoxy) is 1. The van der Waals surface area contributed by atoms with Gasteiger partial charge in [0.25, 0.3) is 0 Å². The summed E-state index contributed by atoms with van der Waals surface area (Å²) in [6, 6.07) is 0.734. The van der Waals surface area contributed by atoms with E-state index in [1.165, 1.54) is 58.2 Å². The van der Waals surface area contributed by atoms with E-state index in [1.54, 1.807) is 0 Å². The smallest absolute Gasteiger partial charge is 0.0661 e. The van der Waals surface area contributed by atoms with Crippen molar-refractivity contribution in [3.8, 4) is 0 Å². The van der Waals surface area contributed by atoms with Gasteiger partial charge in [0.05, 0.1) is 6.10 Å². The van der Waals surface area contributed by atoms with Crippen LogP contribution in [0.5, 0.6) is 0 Å². The maximum Gasteiger partial charge on any atom is 0.0661 e. The average molecular weight is 266 g/mol. The maximum absolute atomic E-state index is 5.99. The third-order valence-corrected chi connectivity index (χ3v) is 5.83. The van der Waals surface area contributed by atoms with E-state index < -0.39 is 0 Å². The van der Waals surface area contributed by atoms with Crippen molar-refractivity contribution < 1.29 is 4.74 Å². The Balaban J connectivity index is 1.51. The Morgan fingerprint density at radius 2 is 2.11 bits per heavy atom. The van der Waals surface area contributed by atoms with Crippen LogP contribution in [0, 0.1) is 11.3 Å². The summed E-state index contributed by atoms with van der Waals surface area (Å²) in [5.74, 6) is 0.870. The summed E-state index contributed by atoms with van der Waals surface area (Å²) in [5, 5.41) is 3.90. The predicted octanol–water partition coefficient (Wildman–Crippen LogP) is 2.27. The van der Waals surface area contributed by atoms with Crippen LogP contribution in [0.3, 0.4) is 0 Å². The molecule has 1 N–H and O–H groups in total. The number of hydrogen-bond donors (Lipinski definition) is 1. The molecule has 3 aliphatic rings. The summed E-state index contributed by atoms with van der Waals surface area (Å²) in [7, 11) is 2.24. The Hall–Kier alpha value is -0.120. The molecular weight excluding hydrogens is 236 g/mol. The molecule has 3 nitrogen and oxygen atoms in total. The highest BCUT2D eigenvalue weighted by molar-refractivity contribution is 5.10. The number of nitrogens with one attached hydrogen (secondary N) is 1. The van der Waals surface area contributed by atoms with Crippen molar-refractivity contribution in [1.82, 2.24) is 10.2 Å². The maximum atomic E-state index is 5.99. The molecular formula is C16H30N2O. The monoisotopic (exact) mass is 266 g/mol. The molecule has 3 heteroatoms. The zero-order valence-corrected chi connectivity index (χ0v) is 12.7. The fourth-order valence-corrected chi connectivity index (χ4v) is 4.67. The lowest BCUT2D eigenvalue weighted by atomic mass is 9.60. The van der Waals surface area contributed by atoms with Gasteiger partial charge in [0, 0.05) is 24.6 Å². The third kappa shape index (κ3) is 2.57. The highest BCUT2D eigenvalue weighted by atomic mass is 16.5. The van der Waals surface area contributed by atoms with Gasteiger partial charge in [0.1, 0.15) is 0 Å². The van der Waals surface area contributed by atoms with Gasteiger partial charge in [-0.2, -0.15) is 0 Å². The molecule has 3 fully saturated rings. The normalized spacial score (nSPS) is 37.9. The lowest BCUT2D eigenvalue weighted by Gasteiger charge is -2.54.